The molecule has 0 aliphatic heterocycles. The number of aryl methyl sites for hydroxylation is 2. The number of hydrogen-bond acceptors (Lipinski definition) is 2. The van der Waals surface area contributed by atoms with Gasteiger partial charge in [0, 0.05) is 56.8 Å². The number of nitrogens with zero attached hydrogens (tertiary/aromatic N) is 3. The molecule has 49 heavy (non-hydrogen) atoms. The molecular weight excluding hydrogens is 595 g/mol. The standard InChI is InChI=1S/C46H33N3/c1-30-40(16-8-24-47-30)36-12-6-10-32(26-36)34-18-21-42-38(28-34)20-23-44-43-22-19-35(29-45(43)49(46(42)44)39-14-4-3-5-15-39)33-11-7-13-37(27-33)41-17-9-25-48-31(41)2/h3-29H,1-2H3. The first-order valence-electron chi connectivity index (χ1n) is 16.7. The van der Waals surface area contributed by atoms with E-state index in [0.29, 0.717) is 0 Å². The molecular formula is C46H33N3. The van der Waals surface area contributed by atoms with Crippen LogP contribution in [0.25, 0.3) is 82.8 Å². The average molecular weight is 628 g/mol. The molecule has 0 radical (unpaired) electrons. The lowest BCUT2D eigenvalue weighted by atomic mass is 9.96. The monoisotopic (exact) mass is 627 g/mol. The SMILES string of the molecule is Cc1ncccc1-c1cccc(-c2ccc3c(ccc4c5ccc(-c6cccc(-c7cccnc7C)c6)cc5n(-c5ccccc5)c34)c2)c1. The summed E-state index contributed by atoms with van der Waals surface area (Å²) < 4.78 is 2.44. The summed E-state index contributed by atoms with van der Waals surface area (Å²) in [6, 6.07) is 55.0. The molecule has 0 unspecified atom stereocenters. The maximum absolute atomic E-state index is 4.53. The highest BCUT2D eigenvalue weighted by Crippen LogP contribution is 2.40. The Labute approximate surface area is 285 Å². The Balaban J connectivity index is 1.22. The first kappa shape index (κ1) is 28.9. The zero-order chi connectivity index (χ0) is 32.9. The molecule has 3 heteroatoms. The maximum atomic E-state index is 4.53. The fourth-order valence-electron chi connectivity index (χ4n) is 7.35. The molecule has 6 aromatic carbocycles. The molecule has 0 saturated heterocycles. The summed E-state index contributed by atoms with van der Waals surface area (Å²) in [5.74, 6) is 0. The molecule has 0 saturated carbocycles. The number of hydrogen-bond donors (Lipinski definition) is 0. The van der Waals surface area contributed by atoms with Crippen molar-refractivity contribution in [2.24, 2.45) is 0 Å². The minimum absolute atomic E-state index is 1.03. The van der Waals surface area contributed by atoms with Gasteiger partial charge in [0.15, 0.2) is 0 Å². The van der Waals surface area contributed by atoms with Crippen molar-refractivity contribution in [3.8, 4) is 50.2 Å². The summed E-state index contributed by atoms with van der Waals surface area (Å²) >= 11 is 0. The maximum Gasteiger partial charge on any atom is 0.0619 e. The summed E-state index contributed by atoms with van der Waals surface area (Å²) in [6.45, 7) is 4.14. The predicted molar refractivity (Wildman–Crippen MR) is 205 cm³/mol. The highest BCUT2D eigenvalue weighted by molar-refractivity contribution is 6.19. The number of para-hydroxylation sites is 1. The van der Waals surface area contributed by atoms with Gasteiger partial charge < -0.3 is 4.57 Å². The van der Waals surface area contributed by atoms with Gasteiger partial charge in [0.2, 0.25) is 0 Å². The van der Waals surface area contributed by atoms with Crippen LogP contribution in [0.1, 0.15) is 11.4 Å². The Hall–Kier alpha value is -6.32. The largest absolute Gasteiger partial charge is 0.309 e. The topological polar surface area (TPSA) is 30.7 Å². The molecule has 0 aliphatic rings. The van der Waals surface area contributed by atoms with Crippen molar-refractivity contribution in [1.82, 2.24) is 14.5 Å². The lowest BCUT2D eigenvalue weighted by molar-refractivity contribution is 1.19. The highest BCUT2D eigenvalue weighted by atomic mass is 15.0. The van der Waals surface area contributed by atoms with Gasteiger partial charge in [0.1, 0.15) is 0 Å². The van der Waals surface area contributed by atoms with Crippen molar-refractivity contribution in [1.29, 1.82) is 0 Å². The van der Waals surface area contributed by atoms with Crippen molar-refractivity contribution < 1.29 is 0 Å². The van der Waals surface area contributed by atoms with Crippen molar-refractivity contribution in [2.45, 2.75) is 13.8 Å². The third-order valence-corrected chi connectivity index (χ3v) is 9.79. The van der Waals surface area contributed by atoms with Crippen molar-refractivity contribution in [3.63, 3.8) is 0 Å². The van der Waals surface area contributed by atoms with Gasteiger partial charge in [0.25, 0.3) is 0 Å². The van der Waals surface area contributed by atoms with E-state index in [2.05, 4.69) is 168 Å². The fraction of sp³-hybridized carbons (Fsp3) is 0.0435. The van der Waals surface area contributed by atoms with Crippen LogP contribution < -0.4 is 0 Å². The number of fused-ring (bicyclic) bond motifs is 5. The molecule has 0 amide bonds. The van der Waals surface area contributed by atoms with Crippen LogP contribution in [0.2, 0.25) is 0 Å². The van der Waals surface area contributed by atoms with Crippen LogP contribution in [0.5, 0.6) is 0 Å². The number of benzene rings is 6. The Morgan fingerprint density at radius 2 is 0.959 bits per heavy atom. The van der Waals surface area contributed by atoms with E-state index in [9.17, 15) is 0 Å². The smallest absolute Gasteiger partial charge is 0.0619 e. The summed E-state index contributed by atoms with van der Waals surface area (Å²) in [6.07, 6.45) is 3.70. The second kappa shape index (κ2) is 11.7. The second-order valence-corrected chi connectivity index (χ2v) is 12.7. The van der Waals surface area contributed by atoms with Gasteiger partial charge in [-0.3, -0.25) is 9.97 Å². The van der Waals surface area contributed by atoms with E-state index in [0.717, 1.165) is 28.2 Å². The van der Waals surface area contributed by atoms with Crippen LogP contribution >= 0.6 is 0 Å². The third kappa shape index (κ3) is 4.99. The quantitative estimate of drug-likeness (QED) is 0.190. The van der Waals surface area contributed by atoms with Gasteiger partial charge in [-0.15, -0.1) is 0 Å². The Kier molecular flexibility index (Phi) is 6.91. The van der Waals surface area contributed by atoms with Gasteiger partial charge >= 0.3 is 0 Å². The van der Waals surface area contributed by atoms with Crippen LogP contribution in [0, 0.1) is 13.8 Å². The molecule has 9 rings (SSSR count). The fourth-order valence-corrected chi connectivity index (χ4v) is 7.35. The summed E-state index contributed by atoms with van der Waals surface area (Å²) in [5, 5.41) is 4.94. The van der Waals surface area contributed by atoms with Crippen LogP contribution in [0.15, 0.2) is 164 Å². The minimum Gasteiger partial charge on any atom is -0.309 e. The van der Waals surface area contributed by atoms with Gasteiger partial charge in [-0.2, -0.15) is 0 Å². The van der Waals surface area contributed by atoms with Crippen molar-refractivity contribution in [2.75, 3.05) is 0 Å². The molecule has 0 spiro atoms. The van der Waals surface area contributed by atoms with Crippen LogP contribution in [0.4, 0.5) is 0 Å². The Bertz CT molecular complexity index is 2680. The van der Waals surface area contributed by atoms with Crippen molar-refractivity contribution in [3.05, 3.63) is 175 Å². The molecule has 0 bridgehead atoms. The zero-order valence-electron chi connectivity index (χ0n) is 27.4. The molecule has 0 aliphatic carbocycles. The summed E-state index contributed by atoms with van der Waals surface area (Å²) in [4.78, 5) is 9.05. The minimum atomic E-state index is 1.03. The first-order chi connectivity index (χ1) is 24.1. The molecule has 3 nitrogen and oxygen atoms in total. The normalized spacial score (nSPS) is 11.5. The molecule has 3 aromatic heterocycles. The number of aromatic nitrogens is 3. The van der Waals surface area contributed by atoms with Gasteiger partial charge in [0.05, 0.1) is 11.0 Å². The Morgan fingerprint density at radius 1 is 0.408 bits per heavy atom. The highest BCUT2D eigenvalue weighted by Gasteiger charge is 2.17. The number of rotatable bonds is 5. The lowest BCUT2D eigenvalue weighted by Crippen LogP contribution is -1.94. The van der Waals surface area contributed by atoms with Crippen LogP contribution in [0.3, 0.4) is 0 Å². The molecule has 232 valence electrons. The zero-order valence-corrected chi connectivity index (χ0v) is 27.4. The Morgan fingerprint density at radius 3 is 1.59 bits per heavy atom. The average Bonchev–Trinajstić information content (AvgIpc) is 3.49. The van der Waals surface area contributed by atoms with E-state index in [4.69, 9.17) is 0 Å². The van der Waals surface area contributed by atoms with Crippen LogP contribution in [-0.2, 0) is 0 Å². The molecule has 0 fully saturated rings. The molecule has 3 heterocycles. The van der Waals surface area contributed by atoms with E-state index in [1.54, 1.807) is 0 Å². The van der Waals surface area contributed by atoms with E-state index in [-0.39, 0.29) is 0 Å². The van der Waals surface area contributed by atoms with Gasteiger partial charge in [-0.25, -0.2) is 0 Å². The van der Waals surface area contributed by atoms with Gasteiger partial charge in [-0.1, -0.05) is 103 Å². The second-order valence-electron chi connectivity index (χ2n) is 12.7. The van der Waals surface area contributed by atoms with E-state index in [1.165, 1.54) is 66.0 Å². The number of pyridine rings is 2. The summed E-state index contributed by atoms with van der Waals surface area (Å²) in [5.41, 5.74) is 15.1. The van der Waals surface area contributed by atoms with E-state index >= 15 is 0 Å². The van der Waals surface area contributed by atoms with E-state index < -0.39 is 0 Å². The van der Waals surface area contributed by atoms with Crippen molar-refractivity contribution >= 4 is 32.6 Å². The van der Waals surface area contributed by atoms with Gasteiger partial charge in [-0.05, 0) is 101 Å². The summed E-state index contributed by atoms with van der Waals surface area (Å²) in [7, 11) is 0. The third-order valence-electron chi connectivity index (χ3n) is 9.79. The first-order valence-corrected chi connectivity index (χ1v) is 16.7. The molecule has 0 N–H and O–H groups in total. The predicted octanol–water partition coefficient (Wildman–Crippen LogP) is 12.0. The van der Waals surface area contributed by atoms with E-state index in [1.807, 2.05) is 24.5 Å². The lowest BCUT2D eigenvalue weighted by Gasteiger charge is -2.12. The van der Waals surface area contributed by atoms with Crippen LogP contribution in [-0.4, -0.2) is 14.5 Å². The molecule has 9 aromatic rings. The molecule has 0 atom stereocenters.